The van der Waals surface area contributed by atoms with Crippen molar-refractivity contribution in [3.05, 3.63) is 59.9 Å². The van der Waals surface area contributed by atoms with E-state index in [-0.39, 0.29) is 11.9 Å². The second kappa shape index (κ2) is 6.86. The summed E-state index contributed by atoms with van der Waals surface area (Å²) in [5.74, 6) is 0.693. The third-order valence-electron chi connectivity index (χ3n) is 4.37. The van der Waals surface area contributed by atoms with Crippen LogP contribution in [0.25, 0.3) is 22.0 Å². The van der Waals surface area contributed by atoms with Crippen LogP contribution in [0.15, 0.2) is 52.9 Å². The van der Waals surface area contributed by atoms with Crippen LogP contribution in [-0.2, 0) is 0 Å². The number of carbonyl (C=O) groups is 1. The van der Waals surface area contributed by atoms with E-state index >= 15 is 0 Å². The lowest BCUT2D eigenvalue weighted by Crippen LogP contribution is -2.34. The standard InChI is InChI=1S/C19H18N4O2S/c1-23(2)16(18-10-12-5-3-4-6-17(12)25-18)11-20-19(24)13-7-8-14-15(9-13)22-26-21-14/h3-10,16H,11H2,1-2H3,(H,20,24)/t16-/m1/s1. The molecule has 2 aromatic heterocycles. The maximum atomic E-state index is 12.5. The van der Waals surface area contributed by atoms with Crippen LogP contribution in [-0.4, -0.2) is 40.2 Å². The van der Waals surface area contributed by atoms with Crippen molar-refractivity contribution >= 4 is 39.6 Å². The highest BCUT2D eigenvalue weighted by molar-refractivity contribution is 7.00. The maximum Gasteiger partial charge on any atom is 0.251 e. The van der Waals surface area contributed by atoms with Crippen LogP contribution in [0.1, 0.15) is 22.2 Å². The number of benzene rings is 2. The number of rotatable bonds is 5. The summed E-state index contributed by atoms with van der Waals surface area (Å²) in [4.78, 5) is 14.6. The number of fused-ring (bicyclic) bond motifs is 2. The van der Waals surface area contributed by atoms with Gasteiger partial charge in [0.05, 0.1) is 17.8 Å². The Morgan fingerprint density at radius 1 is 1.15 bits per heavy atom. The van der Waals surface area contributed by atoms with Crippen molar-refractivity contribution in [2.24, 2.45) is 0 Å². The van der Waals surface area contributed by atoms with Crippen molar-refractivity contribution in [1.29, 1.82) is 0 Å². The van der Waals surface area contributed by atoms with Gasteiger partial charge >= 0.3 is 0 Å². The first-order valence-corrected chi connectivity index (χ1v) is 9.00. The largest absolute Gasteiger partial charge is 0.459 e. The van der Waals surface area contributed by atoms with Gasteiger partial charge in [0, 0.05) is 17.5 Å². The number of para-hydroxylation sites is 1. The highest BCUT2D eigenvalue weighted by atomic mass is 32.1. The van der Waals surface area contributed by atoms with Crippen LogP contribution in [0.2, 0.25) is 0 Å². The predicted octanol–water partition coefficient (Wildman–Crippen LogP) is 3.47. The van der Waals surface area contributed by atoms with Gasteiger partial charge in [-0.15, -0.1) is 0 Å². The molecule has 4 rings (SSSR count). The number of carbonyl (C=O) groups excluding carboxylic acids is 1. The minimum atomic E-state index is -0.136. The summed E-state index contributed by atoms with van der Waals surface area (Å²) in [6.45, 7) is 0.443. The molecule has 0 spiro atoms. The fourth-order valence-electron chi connectivity index (χ4n) is 2.92. The van der Waals surface area contributed by atoms with Gasteiger partial charge in [-0.2, -0.15) is 8.75 Å². The molecular weight excluding hydrogens is 348 g/mol. The van der Waals surface area contributed by atoms with E-state index in [4.69, 9.17) is 4.42 Å². The van der Waals surface area contributed by atoms with Crippen LogP contribution in [0.5, 0.6) is 0 Å². The van der Waals surface area contributed by atoms with Crippen LogP contribution < -0.4 is 5.32 Å². The third-order valence-corrected chi connectivity index (χ3v) is 4.92. The van der Waals surface area contributed by atoms with E-state index in [9.17, 15) is 4.79 Å². The zero-order chi connectivity index (χ0) is 18.1. The molecule has 0 aliphatic carbocycles. The molecule has 1 N–H and O–H groups in total. The number of amides is 1. The van der Waals surface area contributed by atoms with E-state index in [1.165, 1.54) is 0 Å². The monoisotopic (exact) mass is 366 g/mol. The van der Waals surface area contributed by atoms with Gasteiger partial charge < -0.3 is 9.73 Å². The fraction of sp³-hybridized carbons (Fsp3) is 0.211. The first kappa shape index (κ1) is 16.7. The van der Waals surface area contributed by atoms with Gasteiger partial charge in [-0.3, -0.25) is 9.69 Å². The van der Waals surface area contributed by atoms with Crippen molar-refractivity contribution in [3.63, 3.8) is 0 Å². The van der Waals surface area contributed by atoms with E-state index in [1.807, 2.05) is 55.4 Å². The molecule has 2 aromatic carbocycles. The lowest BCUT2D eigenvalue weighted by molar-refractivity contribution is 0.0939. The minimum Gasteiger partial charge on any atom is -0.459 e. The fourth-order valence-corrected chi connectivity index (χ4v) is 3.44. The van der Waals surface area contributed by atoms with Crippen LogP contribution in [0.3, 0.4) is 0 Å². The number of nitrogens with one attached hydrogen (secondary N) is 1. The number of nitrogens with zero attached hydrogens (tertiary/aromatic N) is 3. The molecule has 1 amide bonds. The summed E-state index contributed by atoms with van der Waals surface area (Å²) in [5, 5.41) is 4.05. The second-order valence-corrected chi connectivity index (χ2v) is 6.87. The van der Waals surface area contributed by atoms with Crippen molar-refractivity contribution in [2.75, 3.05) is 20.6 Å². The number of likely N-dealkylation sites (N-methyl/N-ethyl adjacent to an activating group) is 1. The molecule has 0 aliphatic heterocycles. The van der Waals surface area contributed by atoms with E-state index in [2.05, 4.69) is 14.1 Å². The average molecular weight is 366 g/mol. The molecular formula is C19H18N4O2S. The molecule has 1 atom stereocenters. The molecule has 7 heteroatoms. The zero-order valence-corrected chi connectivity index (χ0v) is 15.3. The van der Waals surface area contributed by atoms with E-state index in [0.717, 1.165) is 39.5 Å². The Morgan fingerprint density at radius 2 is 1.96 bits per heavy atom. The first-order chi connectivity index (χ1) is 12.6. The summed E-state index contributed by atoms with van der Waals surface area (Å²) in [6, 6.07) is 15.2. The quantitative estimate of drug-likeness (QED) is 0.586. The van der Waals surface area contributed by atoms with Gasteiger partial charge in [0.1, 0.15) is 22.4 Å². The number of hydrogen-bond acceptors (Lipinski definition) is 6. The summed E-state index contributed by atoms with van der Waals surface area (Å²) >= 11 is 1.14. The Labute approximate surface area is 154 Å². The van der Waals surface area contributed by atoms with Crippen molar-refractivity contribution in [3.8, 4) is 0 Å². The van der Waals surface area contributed by atoms with Gasteiger partial charge in [0.2, 0.25) is 0 Å². The SMILES string of the molecule is CN(C)[C@H](CNC(=O)c1ccc2nsnc2c1)c1cc2ccccc2o1. The van der Waals surface area contributed by atoms with Gasteiger partial charge in [0.25, 0.3) is 5.91 Å². The number of furan rings is 1. The van der Waals surface area contributed by atoms with Gasteiger partial charge in [0.15, 0.2) is 0 Å². The Balaban J connectivity index is 1.52. The Morgan fingerprint density at radius 3 is 2.77 bits per heavy atom. The molecule has 4 aromatic rings. The summed E-state index contributed by atoms with van der Waals surface area (Å²) in [7, 11) is 3.94. The number of aromatic nitrogens is 2. The lowest BCUT2D eigenvalue weighted by Gasteiger charge is -2.22. The van der Waals surface area contributed by atoms with Gasteiger partial charge in [-0.1, -0.05) is 18.2 Å². The summed E-state index contributed by atoms with van der Waals surface area (Å²) < 4.78 is 14.3. The predicted molar refractivity (Wildman–Crippen MR) is 102 cm³/mol. The van der Waals surface area contributed by atoms with E-state index in [1.54, 1.807) is 12.1 Å². The first-order valence-electron chi connectivity index (χ1n) is 8.27. The van der Waals surface area contributed by atoms with Crippen LogP contribution in [0, 0.1) is 0 Å². The topological polar surface area (TPSA) is 71.3 Å². The third kappa shape index (κ3) is 3.18. The Kier molecular flexibility index (Phi) is 4.40. The molecule has 0 radical (unpaired) electrons. The highest BCUT2D eigenvalue weighted by Crippen LogP contribution is 2.26. The molecule has 0 saturated carbocycles. The molecule has 0 fully saturated rings. The molecule has 0 unspecified atom stereocenters. The highest BCUT2D eigenvalue weighted by Gasteiger charge is 2.20. The maximum absolute atomic E-state index is 12.5. The van der Waals surface area contributed by atoms with Crippen molar-refractivity contribution in [2.45, 2.75) is 6.04 Å². The Hall–Kier alpha value is -2.77. The molecule has 2 heterocycles. The summed E-state index contributed by atoms with van der Waals surface area (Å²) in [6.07, 6.45) is 0. The molecule has 0 bridgehead atoms. The summed E-state index contributed by atoms with van der Waals surface area (Å²) in [5.41, 5.74) is 2.97. The molecule has 132 valence electrons. The van der Waals surface area contributed by atoms with E-state index < -0.39 is 0 Å². The van der Waals surface area contributed by atoms with Crippen molar-refractivity contribution in [1.82, 2.24) is 19.0 Å². The van der Waals surface area contributed by atoms with Gasteiger partial charge in [-0.05, 0) is 44.4 Å². The van der Waals surface area contributed by atoms with Crippen LogP contribution in [0.4, 0.5) is 0 Å². The minimum absolute atomic E-state index is 0.0592. The molecule has 26 heavy (non-hydrogen) atoms. The van der Waals surface area contributed by atoms with Crippen LogP contribution >= 0.6 is 11.7 Å². The number of hydrogen-bond donors (Lipinski definition) is 1. The smallest absolute Gasteiger partial charge is 0.251 e. The van der Waals surface area contributed by atoms with Gasteiger partial charge in [-0.25, -0.2) is 0 Å². The van der Waals surface area contributed by atoms with Crippen molar-refractivity contribution < 1.29 is 9.21 Å². The molecule has 0 saturated heterocycles. The zero-order valence-electron chi connectivity index (χ0n) is 14.5. The average Bonchev–Trinajstić information content (AvgIpc) is 3.27. The second-order valence-electron chi connectivity index (χ2n) is 6.34. The normalized spacial score (nSPS) is 12.7. The molecule has 0 aliphatic rings. The van der Waals surface area contributed by atoms with E-state index in [0.29, 0.717) is 12.1 Å². The Bertz CT molecular complexity index is 1040. The molecule has 6 nitrogen and oxygen atoms in total. The lowest BCUT2D eigenvalue weighted by atomic mass is 10.1.